The second kappa shape index (κ2) is 15.1. The van der Waals surface area contributed by atoms with E-state index in [2.05, 4.69) is 16.9 Å². The zero-order valence-corrected chi connectivity index (χ0v) is 22.1. The second-order valence-corrected chi connectivity index (χ2v) is 10.4. The third-order valence-electron chi connectivity index (χ3n) is 7.33. The van der Waals surface area contributed by atoms with E-state index in [-0.39, 0.29) is 12.8 Å². The van der Waals surface area contributed by atoms with Gasteiger partial charge in [0, 0.05) is 18.0 Å². The summed E-state index contributed by atoms with van der Waals surface area (Å²) in [4.78, 5) is 21.4. The molecule has 1 aromatic carbocycles. The van der Waals surface area contributed by atoms with Crippen molar-refractivity contribution in [3.05, 3.63) is 42.2 Å². The lowest BCUT2D eigenvalue weighted by atomic mass is 9.81. The Morgan fingerprint density at radius 1 is 0.892 bits per heavy atom. The molecule has 1 aliphatic rings. The van der Waals surface area contributed by atoms with Crippen LogP contribution in [0.25, 0.3) is 11.4 Å². The maximum Gasteiger partial charge on any atom is 0.391 e. The van der Waals surface area contributed by atoms with Crippen molar-refractivity contribution in [3.8, 4) is 17.1 Å². The fraction of sp³-hybridized carbons (Fsp3) is 0.633. The maximum atomic E-state index is 13.0. The number of hydrogen-bond donors (Lipinski definition) is 0. The predicted molar refractivity (Wildman–Crippen MR) is 140 cm³/mol. The third-order valence-corrected chi connectivity index (χ3v) is 7.33. The Balaban J connectivity index is 1.38. The number of aromatic nitrogens is 2. The summed E-state index contributed by atoms with van der Waals surface area (Å²) in [5.41, 5.74) is 1.92. The van der Waals surface area contributed by atoms with Gasteiger partial charge in [0.1, 0.15) is 5.75 Å². The van der Waals surface area contributed by atoms with E-state index in [1.807, 2.05) is 12.4 Å². The number of esters is 1. The number of carbonyl (C=O) groups excluding carboxylic acids is 1. The SMILES string of the molecule is CCCCCCCCCCCCc1cnc(-c2ccc(OC(=O)C3CCCC(C(F)(F)F)C3)cc2)nc1. The Kier molecular flexibility index (Phi) is 11.9. The monoisotopic (exact) mass is 518 g/mol. The number of carbonyl (C=O) groups is 1. The minimum Gasteiger partial charge on any atom is -0.426 e. The molecule has 3 rings (SSSR count). The molecule has 2 unspecified atom stereocenters. The highest BCUT2D eigenvalue weighted by atomic mass is 19.4. The minimum absolute atomic E-state index is 0.0834. The molecule has 0 amide bonds. The summed E-state index contributed by atoms with van der Waals surface area (Å²) in [6, 6.07) is 6.80. The molecule has 0 aliphatic heterocycles. The first kappa shape index (κ1) is 29.1. The quantitative estimate of drug-likeness (QED) is 0.142. The van der Waals surface area contributed by atoms with Crippen molar-refractivity contribution in [1.29, 1.82) is 0 Å². The van der Waals surface area contributed by atoms with E-state index in [1.165, 1.54) is 57.8 Å². The van der Waals surface area contributed by atoms with Gasteiger partial charge in [-0.3, -0.25) is 4.79 Å². The number of hydrogen-bond acceptors (Lipinski definition) is 4. The number of benzene rings is 1. The van der Waals surface area contributed by atoms with Gasteiger partial charge in [-0.2, -0.15) is 13.2 Å². The number of nitrogens with zero attached hydrogens (tertiary/aromatic N) is 2. The molecule has 204 valence electrons. The van der Waals surface area contributed by atoms with Crippen LogP contribution in [0.4, 0.5) is 13.2 Å². The topological polar surface area (TPSA) is 52.1 Å². The molecule has 1 fully saturated rings. The minimum atomic E-state index is -4.26. The highest BCUT2D eigenvalue weighted by Gasteiger charge is 2.44. The van der Waals surface area contributed by atoms with Crippen LogP contribution in [0, 0.1) is 11.8 Å². The number of ether oxygens (including phenoxy) is 1. The highest BCUT2D eigenvalue weighted by molar-refractivity contribution is 5.75. The van der Waals surface area contributed by atoms with Crippen LogP contribution in [0.3, 0.4) is 0 Å². The van der Waals surface area contributed by atoms with Crippen molar-refractivity contribution < 1.29 is 22.7 Å². The number of rotatable bonds is 14. The molecular weight excluding hydrogens is 477 g/mol. The molecule has 7 heteroatoms. The van der Waals surface area contributed by atoms with E-state index in [0.717, 1.165) is 24.0 Å². The van der Waals surface area contributed by atoms with Crippen molar-refractivity contribution in [2.45, 2.75) is 109 Å². The summed E-state index contributed by atoms with van der Waals surface area (Å²) in [6.45, 7) is 2.25. The summed E-state index contributed by atoms with van der Waals surface area (Å²) in [5, 5.41) is 0. The van der Waals surface area contributed by atoms with Crippen LogP contribution in [0.15, 0.2) is 36.7 Å². The molecule has 2 aromatic rings. The third kappa shape index (κ3) is 10.1. The molecule has 1 aromatic heterocycles. The zero-order chi connectivity index (χ0) is 26.5. The Bertz CT molecular complexity index is 929. The lowest BCUT2D eigenvalue weighted by Crippen LogP contribution is -2.33. The van der Waals surface area contributed by atoms with Crippen LogP contribution < -0.4 is 4.74 Å². The Labute approximate surface area is 219 Å². The highest BCUT2D eigenvalue weighted by Crippen LogP contribution is 2.40. The van der Waals surface area contributed by atoms with Crippen LogP contribution in [0.2, 0.25) is 0 Å². The average molecular weight is 519 g/mol. The smallest absolute Gasteiger partial charge is 0.391 e. The summed E-state index contributed by atoms with van der Waals surface area (Å²) in [6.07, 6.45) is 14.2. The first-order chi connectivity index (χ1) is 17.9. The summed E-state index contributed by atoms with van der Waals surface area (Å²) >= 11 is 0. The Morgan fingerprint density at radius 2 is 1.49 bits per heavy atom. The number of halogens is 3. The molecule has 1 aliphatic carbocycles. The van der Waals surface area contributed by atoms with Crippen LogP contribution in [-0.4, -0.2) is 22.1 Å². The number of alkyl halides is 3. The second-order valence-electron chi connectivity index (χ2n) is 10.4. The van der Waals surface area contributed by atoms with Gasteiger partial charge in [-0.25, -0.2) is 9.97 Å². The van der Waals surface area contributed by atoms with Crippen molar-refractivity contribution in [2.24, 2.45) is 11.8 Å². The lowest BCUT2D eigenvalue weighted by Gasteiger charge is -2.29. The fourth-order valence-electron chi connectivity index (χ4n) is 5.02. The number of unbranched alkanes of at least 4 members (excludes halogenated alkanes) is 9. The Hall–Kier alpha value is -2.44. The van der Waals surface area contributed by atoms with Gasteiger partial charge in [0.15, 0.2) is 5.82 Å². The van der Waals surface area contributed by atoms with E-state index in [1.54, 1.807) is 24.3 Å². The van der Waals surface area contributed by atoms with Gasteiger partial charge in [-0.05, 0) is 61.9 Å². The van der Waals surface area contributed by atoms with Crippen molar-refractivity contribution in [2.75, 3.05) is 0 Å². The molecule has 37 heavy (non-hydrogen) atoms. The largest absolute Gasteiger partial charge is 0.426 e. The molecule has 0 saturated heterocycles. The van der Waals surface area contributed by atoms with Gasteiger partial charge < -0.3 is 4.74 Å². The zero-order valence-electron chi connectivity index (χ0n) is 22.1. The van der Waals surface area contributed by atoms with Crippen LogP contribution >= 0.6 is 0 Å². The normalized spacial score (nSPS) is 18.1. The molecule has 4 nitrogen and oxygen atoms in total. The van der Waals surface area contributed by atoms with E-state index >= 15 is 0 Å². The van der Waals surface area contributed by atoms with Gasteiger partial charge in [-0.15, -0.1) is 0 Å². The van der Waals surface area contributed by atoms with E-state index in [9.17, 15) is 18.0 Å². The van der Waals surface area contributed by atoms with Gasteiger partial charge in [0.25, 0.3) is 0 Å². The summed E-state index contributed by atoms with van der Waals surface area (Å²) in [5.74, 6) is -1.82. The van der Waals surface area contributed by atoms with Crippen molar-refractivity contribution in [1.82, 2.24) is 9.97 Å². The van der Waals surface area contributed by atoms with Crippen LogP contribution in [0.1, 0.15) is 102 Å². The van der Waals surface area contributed by atoms with Crippen LogP contribution in [-0.2, 0) is 11.2 Å². The van der Waals surface area contributed by atoms with Gasteiger partial charge in [0.2, 0.25) is 0 Å². The standard InChI is InChI=1S/C30H41F3N2O2/c1-2-3-4-5-6-7-8-9-10-11-13-23-21-34-28(35-22-23)24-16-18-27(19-17-24)37-29(36)25-14-12-15-26(20-25)30(31,32)33/h16-19,21-22,25-26H,2-15,20H2,1H3. The first-order valence-electron chi connectivity index (χ1n) is 14.1. The molecule has 2 atom stereocenters. The van der Waals surface area contributed by atoms with Crippen LogP contribution in [0.5, 0.6) is 5.75 Å². The molecule has 1 heterocycles. The van der Waals surface area contributed by atoms with E-state index in [4.69, 9.17) is 4.74 Å². The lowest BCUT2D eigenvalue weighted by molar-refractivity contribution is -0.187. The average Bonchev–Trinajstić information content (AvgIpc) is 2.90. The first-order valence-corrected chi connectivity index (χ1v) is 14.1. The molecular formula is C30H41F3N2O2. The predicted octanol–water partition coefficient (Wildman–Crippen LogP) is 8.88. The molecule has 0 radical (unpaired) electrons. The van der Waals surface area contributed by atoms with Gasteiger partial charge >= 0.3 is 12.1 Å². The summed E-state index contributed by atoms with van der Waals surface area (Å²) < 4.78 is 44.5. The Morgan fingerprint density at radius 3 is 2.08 bits per heavy atom. The fourth-order valence-corrected chi connectivity index (χ4v) is 5.02. The van der Waals surface area contributed by atoms with Crippen molar-refractivity contribution >= 4 is 5.97 Å². The molecule has 0 bridgehead atoms. The van der Waals surface area contributed by atoms with E-state index in [0.29, 0.717) is 24.4 Å². The summed E-state index contributed by atoms with van der Waals surface area (Å²) in [7, 11) is 0. The van der Waals surface area contributed by atoms with Crippen molar-refractivity contribution in [3.63, 3.8) is 0 Å². The van der Waals surface area contributed by atoms with Gasteiger partial charge in [-0.1, -0.05) is 71.1 Å². The molecule has 0 N–H and O–H groups in total. The maximum absolute atomic E-state index is 13.0. The number of aryl methyl sites for hydroxylation is 1. The molecule has 0 spiro atoms. The molecule has 1 saturated carbocycles. The van der Waals surface area contributed by atoms with Gasteiger partial charge in [0.05, 0.1) is 11.8 Å². The van der Waals surface area contributed by atoms with E-state index < -0.39 is 24.0 Å².